The second-order valence-electron chi connectivity index (χ2n) is 3.51. The molecule has 1 amide bonds. The first-order chi connectivity index (χ1) is 7.66. The van der Waals surface area contributed by atoms with Crippen LogP contribution in [0.5, 0.6) is 0 Å². The molecule has 1 saturated heterocycles. The molecule has 6 heteroatoms. The van der Waals surface area contributed by atoms with Crippen LogP contribution < -0.4 is 16.4 Å². The number of rotatable bonds is 4. The van der Waals surface area contributed by atoms with Crippen molar-refractivity contribution in [3.63, 3.8) is 0 Å². The average Bonchev–Trinajstić information content (AvgIpc) is 2.31. The van der Waals surface area contributed by atoms with E-state index < -0.39 is 5.97 Å². The Morgan fingerprint density at radius 3 is 2.19 bits per heavy atom. The zero-order valence-electron chi connectivity index (χ0n) is 9.50. The Balaban J connectivity index is 0.000000315. The first kappa shape index (κ1) is 14.9. The lowest BCUT2D eigenvalue weighted by Gasteiger charge is -2.08. The van der Waals surface area contributed by atoms with E-state index in [1.165, 1.54) is 32.4 Å². The fraction of sp³-hybridized carbons (Fsp3) is 0.800. The summed E-state index contributed by atoms with van der Waals surface area (Å²) in [5.41, 5.74) is 4.93. The quantitative estimate of drug-likeness (QED) is 0.512. The third kappa shape index (κ3) is 10.9. The number of carbonyl (C=O) groups excluding carboxylic acids is 1. The smallest absolute Gasteiger partial charge is 0.305 e. The molecular formula is C10H21N3O3. The Bertz CT molecular complexity index is 194. The van der Waals surface area contributed by atoms with Crippen molar-refractivity contribution in [3.05, 3.63) is 0 Å². The number of carbonyl (C=O) groups is 2. The molecule has 0 aromatic heterocycles. The molecule has 1 fully saturated rings. The first-order valence-electron chi connectivity index (χ1n) is 5.56. The van der Waals surface area contributed by atoms with E-state index in [2.05, 4.69) is 10.6 Å². The maximum absolute atomic E-state index is 10.4. The highest BCUT2D eigenvalue weighted by atomic mass is 16.4. The monoisotopic (exact) mass is 231 g/mol. The normalized spacial score (nSPS) is 14.6. The van der Waals surface area contributed by atoms with Crippen LogP contribution in [-0.4, -0.2) is 43.2 Å². The van der Waals surface area contributed by atoms with Crippen molar-refractivity contribution >= 4 is 11.9 Å². The molecule has 0 unspecified atom stereocenters. The van der Waals surface area contributed by atoms with E-state index in [4.69, 9.17) is 10.8 Å². The molecule has 0 aromatic rings. The van der Waals surface area contributed by atoms with Gasteiger partial charge >= 0.3 is 5.97 Å². The second-order valence-corrected chi connectivity index (χ2v) is 3.51. The van der Waals surface area contributed by atoms with Crippen LogP contribution in [0, 0.1) is 0 Å². The number of carboxylic acids is 1. The molecule has 0 saturated carbocycles. The van der Waals surface area contributed by atoms with E-state index in [-0.39, 0.29) is 25.4 Å². The van der Waals surface area contributed by atoms with E-state index in [1.54, 1.807) is 0 Å². The predicted octanol–water partition coefficient (Wildman–Crippen LogP) is -0.704. The third-order valence-corrected chi connectivity index (χ3v) is 2.05. The highest BCUT2D eigenvalue weighted by Gasteiger charge is 1.98. The minimum atomic E-state index is -0.933. The third-order valence-electron chi connectivity index (χ3n) is 2.05. The van der Waals surface area contributed by atoms with Crippen LogP contribution in [-0.2, 0) is 9.59 Å². The molecule has 0 atom stereocenters. The maximum atomic E-state index is 10.4. The molecular weight excluding hydrogens is 210 g/mol. The summed E-state index contributed by atoms with van der Waals surface area (Å²) in [6, 6.07) is 0. The van der Waals surface area contributed by atoms with Gasteiger partial charge in [-0.1, -0.05) is 6.42 Å². The Labute approximate surface area is 95.6 Å². The standard InChI is InChI=1S/C5H10N2O3.C5H11N/c6-3-4(8)7-2-1-5(9)10;1-2-4-6-5-3-1/h1-3,6H2,(H,7,8)(H,9,10);6H,1-5H2. The molecule has 1 rings (SSSR count). The van der Waals surface area contributed by atoms with Crippen molar-refractivity contribution in [1.29, 1.82) is 0 Å². The van der Waals surface area contributed by atoms with E-state index in [0.717, 1.165) is 0 Å². The Morgan fingerprint density at radius 1 is 1.25 bits per heavy atom. The van der Waals surface area contributed by atoms with Crippen molar-refractivity contribution < 1.29 is 14.7 Å². The molecule has 0 radical (unpaired) electrons. The SMILES string of the molecule is C1CCNCC1.NCC(=O)NCCC(=O)O. The van der Waals surface area contributed by atoms with Gasteiger partial charge in [-0.2, -0.15) is 0 Å². The Morgan fingerprint density at radius 2 is 1.88 bits per heavy atom. The van der Waals surface area contributed by atoms with Gasteiger partial charge in [-0.15, -0.1) is 0 Å². The average molecular weight is 231 g/mol. The summed E-state index contributed by atoms with van der Waals surface area (Å²) in [6.07, 6.45) is 4.15. The van der Waals surface area contributed by atoms with Crippen LogP contribution >= 0.6 is 0 Å². The van der Waals surface area contributed by atoms with Gasteiger partial charge in [0.05, 0.1) is 13.0 Å². The molecule has 0 aliphatic carbocycles. The van der Waals surface area contributed by atoms with Crippen molar-refractivity contribution in [1.82, 2.24) is 10.6 Å². The zero-order chi connectivity index (χ0) is 12.2. The summed E-state index contributed by atoms with van der Waals surface area (Å²) in [5.74, 6) is -1.27. The summed E-state index contributed by atoms with van der Waals surface area (Å²) < 4.78 is 0. The molecule has 1 aliphatic heterocycles. The van der Waals surface area contributed by atoms with Crippen molar-refractivity contribution in [2.45, 2.75) is 25.7 Å². The van der Waals surface area contributed by atoms with Crippen LogP contribution in [0.25, 0.3) is 0 Å². The lowest BCUT2D eigenvalue weighted by Crippen LogP contribution is -2.31. The van der Waals surface area contributed by atoms with Crippen LogP contribution in [0.2, 0.25) is 0 Å². The van der Waals surface area contributed by atoms with Gasteiger partial charge in [-0.3, -0.25) is 9.59 Å². The van der Waals surface area contributed by atoms with Gasteiger partial charge in [-0.25, -0.2) is 0 Å². The predicted molar refractivity (Wildman–Crippen MR) is 61.0 cm³/mol. The van der Waals surface area contributed by atoms with Crippen LogP contribution in [0.4, 0.5) is 0 Å². The summed E-state index contributed by atoms with van der Waals surface area (Å²) in [6.45, 7) is 2.55. The number of hydrogen-bond acceptors (Lipinski definition) is 4. The number of nitrogens with two attached hydrogens (primary N) is 1. The van der Waals surface area contributed by atoms with Crippen LogP contribution in [0.15, 0.2) is 0 Å². The number of aliphatic carboxylic acids is 1. The van der Waals surface area contributed by atoms with Gasteiger partial charge in [0.2, 0.25) is 5.91 Å². The van der Waals surface area contributed by atoms with Gasteiger partial charge in [0.15, 0.2) is 0 Å². The largest absolute Gasteiger partial charge is 0.481 e. The minimum Gasteiger partial charge on any atom is -0.481 e. The van der Waals surface area contributed by atoms with E-state index in [9.17, 15) is 9.59 Å². The zero-order valence-corrected chi connectivity index (χ0v) is 9.50. The van der Waals surface area contributed by atoms with Crippen LogP contribution in [0.1, 0.15) is 25.7 Å². The fourth-order valence-corrected chi connectivity index (χ4v) is 1.18. The number of nitrogens with one attached hydrogen (secondary N) is 2. The fourth-order valence-electron chi connectivity index (χ4n) is 1.18. The van der Waals surface area contributed by atoms with E-state index >= 15 is 0 Å². The second kappa shape index (κ2) is 10.4. The Kier molecular flexibility index (Phi) is 9.64. The minimum absolute atomic E-state index is 0.0638. The number of carboxylic acid groups (broad SMARTS) is 1. The molecule has 16 heavy (non-hydrogen) atoms. The summed E-state index contributed by atoms with van der Waals surface area (Å²) in [7, 11) is 0. The van der Waals surface area contributed by atoms with Crippen LogP contribution in [0.3, 0.4) is 0 Å². The first-order valence-corrected chi connectivity index (χ1v) is 5.56. The highest BCUT2D eigenvalue weighted by molar-refractivity contribution is 5.78. The molecule has 0 aromatic carbocycles. The lowest BCUT2D eigenvalue weighted by molar-refractivity contribution is -0.136. The number of piperidine rings is 1. The summed E-state index contributed by atoms with van der Waals surface area (Å²) in [5, 5.41) is 13.7. The lowest BCUT2D eigenvalue weighted by atomic mass is 10.2. The number of amides is 1. The molecule has 1 heterocycles. The highest BCUT2D eigenvalue weighted by Crippen LogP contribution is 1.96. The van der Waals surface area contributed by atoms with E-state index in [1.807, 2.05) is 0 Å². The summed E-state index contributed by atoms with van der Waals surface area (Å²) in [4.78, 5) is 20.3. The van der Waals surface area contributed by atoms with Gasteiger partial charge in [0.25, 0.3) is 0 Å². The molecule has 94 valence electrons. The Hall–Kier alpha value is -1.14. The van der Waals surface area contributed by atoms with Gasteiger partial charge in [-0.05, 0) is 25.9 Å². The maximum Gasteiger partial charge on any atom is 0.305 e. The molecule has 0 bridgehead atoms. The topological polar surface area (TPSA) is 104 Å². The van der Waals surface area contributed by atoms with Crippen molar-refractivity contribution in [3.8, 4) is 0 Å². The van der Waals surface area contributed by atoms with Gasteiger partial charge in [0.1, 0.15) is 0 Å². The number of hydrogen-bond donors (Lipinski definition) is 4. The molecule has 5 N–H and O–H groups in total. The van der Waals surface area contributed by atoms with Crippen molar-refractivity contribution in [2.24, 2.45) is 5.73 Å². The van der Waals surface area contributed by atoms with Crippen molar-refractivity contribution in [2.75, 3.05) is 26.2 Å². The molecule has 6 nitrogen and oxygen atoms in total. The summed E-state index contributed by atoms with van der Waals surface area (Å²) >= 11 is 0. The van der Waals surface area contributed by atoms with Gasteiger partial charge in [0, 0.05) is 6.54 Å². The molecule has 1 aliphatic rings. The van der Waals surface area contributed by atoms with E-state index in [0.29, 0.717) is 0 Å². The molecule has 0 spiro atoms. The van der Waals surface area contributed by atoms with Gasteiger partial charge < -0.3 is 21.5 Å².